The van der Waals surface area contributed by atoms with Crippen molar-refractivity contribution in [1.82, 2.24) is 10.0 Å². The molecule has 0 atom stereocenters. The molecule has 0 aromatic heterocycles. The monoisotopic (exact) mass is 457 g/mol. The van der Waals surface area contributed by atoms with Gasteiger partial charge in [-0.05, 0) is 60.7 Å². The fraction of sp³-hybridized carbons (Fsp3) is 0.435. The number of hydrogen-bond acceptors (Lipinski definition) is 5. The SMILES string of the molecule is O=C(NC1CCCCC1)N1CCc2cc(S(=O)(=O)NCc3ccc4c(c3)OCO4)ccc21. The minimum Gasteiger partial charge on any atom is -0.454 e. The molecule has 0 bridgehead atoms. The number of fused-ring (bicyclic) bond motifs is 2. The van der Waals surface area contributed by atoms with Gasteiger partial charge in [0.25, 0.3) is 0 Å². The van der Waals surface area contributed by atoms with Crippen LogP contribution in [-0.4, -0.2) is 33.8 Å². The smallest absolute Gasteiger partial charge is 0.322 e. The molecule has 170 valence electrons. The van der Waals surface area contributed by atoms with Gasteiger partial charge in [-0.15, -0.1) is 0 Å². The number of amides is 2. The Labute approximate surface area is 187 Å². The van der Waals surface area contributed by atoms with E-state index in [1.54, 1.807) is 35.2 Å². The molecule has 32 heavy (non-hydrogen) atoms. The van der Waals surface area contributed by atoms with Crippen LogP contribution in [0.4, 0.5) is 10.5 Å². The van der Waals surface area contributed by atoms with E-state index in [1.165, 1.54) is 6.42 Å². The Kier molecular flexibility index (Phi) is 5.69. The highest BCUT2D eigenvalue weighted by Gasteiger charge is 2.28. The minimum atomic E-state index is -3.70. The van der Waals surface area contributed by atoms with Crippen molar-refractivity contribution in [2.45, 2.75) is 56.0 Å². The molecule has 3 aliphatic rings. The molecule has 0 radical (unpaired) electrons. The van der Waals surface area contributed by atoms with Crippen molar-refractivity contribution in [3.63, 3.8) is 0 Å². The van der Waals surface area contributed by atoms with Gasteiger partial charge in [0.05, 0.1) is 4.90 Å². The molecule has 9 heteroatoms. The highest BCUT2D eigenvalue weighted by atomic mass is 32.2. The quantitative estimate of drug-likeness (QED) is 0.718. The van der Waals surface area contributed by atoms with Crippen LogP contribution in [-0.2, 0) is 23.0 Å². The molecule has 5 rings (SSSR count). The molecule has 2 N–H and O–H groups in total. The van der Waals surface area contributed by atoms with Gasteiger partial charge in [0.15, 0.2) is 11.5 Å². The number of rotatable bonds is 5. The number of carbonyl (C=O) groups excluding carboxylic acids is 1. The summed E-state index contributed by atoms with van der Waals surface area (Å²) in [5, 5.41) is 3.14. The summed E-state index contributed by atoms with van der Waals surface area (Å²) in [4.78, 5) is 14.7. The summed E-state index contributed by atoms with van der Waals surface area (Å²) < 4.78 is 39.0. The van der Waals surface area contributed by atoms with E-state index in [0.717, 1.165) is 42.5 Å². The van der Waals surface area contributed by atoms with Gasteiger partial charge < -0.3 is 14.8 Å². The number of ether oxygens (including phenoxy) is 2. The van der Waals surface area contributed by atoms with E-state index < -0.39 is 10.0 Å². The van der Waals surface area contributed by atoms with E-state index in [1.807, 2.05) is 6.07 Å². The molecular weight excluding hydrogens is 430 g/mol. The summed E-state index contributed by atoms with van der Waals surface area (Å²) >= 11 is 0. The van der Waals surface area contributed by atoms with E-state index in [-0.39, 0.29) is 30.3 Å². The molecule has 0 unspecified atom stereocenters. The highest BCUT2D eigenvalue weighted by molar-refractivity contribution is 7.89. The third kappa shape index (κ3) is 4.27. The number of urea groups is 1. The van der Waals surface area contributed by atoms with Crippen LogP contribution in [0.15, 0.2) is 41.3 Å². The lowest BCUT2D eigenvalue weighted by molar-refractivity contribution is 0.174. The second-order valence-electron chi connectivity index (χ2n) is 8.49. The third-order valence-corrected chi connectivity index (χ3v) is 7.74. The van der Waals surface area contributed by atoms with Crippen molar-refractivity contribution in [1.29, 1.82) is 0 Å². The maximum atomic E-state index is 12.9. The summed E-state index contributed by atoms with van der Waals surface area (Å²) in [6.07, 6.45) is 6.24. The summed E-state index contributed by atoms with van der Waals surface area (Å²) in [6.45, 7) is 0.878. The number of hydrogen-bond donors (Lipinski definition) is 2. The number of nitrogens with zero attached hydrogens (tertiary/aromatic N) is 1. The number of anilines is 1. The molecule has 2 heterocycles. The van der Waals surface area contributed by atoms with E-state index in [0.29, 0.717) is 24.5 Å². The van der Waals surface area contributed by atoms with Gasteiger partial charge in [0, 0.05) is 24.8 Å². The van der Waals surface area contributed by atoms with Crippen molar-refractivity contribution in [3.8, 4) is 11.5 Å². The van der Waals surface area contributed by atoms with Crippen LogP contribution in [0.25, 0.3) is 0 Å². The second-order valence-corrected chi connectivity index (χ2v) is 10.3. The molecule has 2 aromatic carbocycles. The number of sulfonamides is 1. The normalized spacial score (nSPS) is 17.9. The van der Waals surface area contributed by atoms with Crippen LogP contribution in [0, 0.1) is 0 Å². The third-order valence-electron chi connectivity index (χ3n) is 6.34. The van der Waals surface area contributed by atoms with E-state index in [4.69, 9.17) is 9.47 Å². The zero-order chi connectivity index (χ0) is 22.1. The first-order chi connectivity index (χ1) is 15.5. The minimum absolute atomic E-state index is 0.0906. The van der Waals surface area contributed by atoms with Gasteiger partial charge in [-0.1, -0.05) is 25.3 Å². The molecule has 2 aliphatic heterocycles. The summed E-state index contributed by atoms with van der Waals surface area (Å²) in [6, 6.07) is 10.5. The van der Waals surface area contributed by atoms with Crippen molar-refractivity contribution < 1.29 is 22.7 Å². The van der Waals surface area contributed by atoms with Gasteiger partial charge >= 0.3 is 6.03 Å². The maximum absolute atomic E-state index is 12.9. The van der Waals surface area contributed by atoms with Crippen LogP contribution < -0.4 is 24.4 Å². The number of nitrogens with one attached hydrogen (secondary N) is 2. The molecule has 0 saturated heterocycles. The van der Waals surface area contributed by atoms with Crippen LogP contribution in [0.2, 0.25) is 0 Å². The average molecular weight is 458 g/mol. The second kappa shape index (κ2) is 8.63. The molecule has 0 spiro atoms. The Balaban J connectivity index is 1.25. The standard InChI is InChI=1S/C23H27N3O5S/c27-23(25-18-4-2-1-3-5-18)26-11-10-17-13-19(7-8-20(17)26)32(28,29)24-14-16-6-9-21-22(12-16)31-15-30-21/h6-9,12-13,18,24H,1-5,10-11,14-15H2,(H,25,27). The summed E-state index contributed by atoms with van der Waals surface area (Å²) in [7, 11) is -3.70. The van der Waals surface area contributed by atoms with Crippen molar-refractivity contribution in [2.24, 2.45) is 0 Å². The zero-order valence-electron chi connectivity index (χ0n) is 17.8. The maximum Gasteiger partial charge on any atom is 0.322 e. The fourth-order valence-electron chi connectivity index (χ4n) is 4.57. The predicted octanol–water partition coefficient (Wildman–Crippen LogP) is 3.30. The molecular formula is C23H27N3O5S. The van der Waals surface area contributed by atoms with Crippen LogP contribution >= 0.6 is 0 Å². The Morgan fingerprint density at radius 2 is 1.84 bits per heavy atom. The molecule has 2 aromatic rings. The van der Waals surface area contributed by atoms with Crippen molar-refractivity contribution in [2.75, 3.05) is 18.2 Å². The highest BCUT2D eigenvalue weighted by Crippen LogP contribution is 2.33. The Hall–Kier alpha value is -2.78. The lowest BCUT2D eigenvalue weighted by atomic mass is 9.96. The van der Waals surface area contributed by atoms with Gasteiger partial charge in [-0.25, -0.2) is 17.9 Å². The van der Waals surface area contributed by atoms with Gasteiger partial charge in [0.2, 0.25) is 16.8 Å². The largest absolute Gasteiger partial charge is 0.454 e. The van der Waals surface area contributed by atoms with Crippen molar-refractivity contribution >= 4 is 21.7 Å². The zero-order valence-corrected chi connectivity index (χ0v) is 18.6. The first kappa shape index (κ1) is 21.1. The Bertz CT molecular complexity index is 1130. The van der Waals surface area contributed by atoms with Gasteiger partial charge in [-0.3, -0.25) is 4.90 Å². The van der Waals surface area contributed by atoms with Gasteiger partial charge in [-0.2, -0.15) is 0 Å². The van der Waals surface area contributed by atoms with E-state index in [9.17, 15) is 13.2 Å². The topological polar surface area (TPSA) is 97.0 Å². The molecule has 8 nitrogen and oxygen atoms in total. The average Bonchev–Trinajstić information content (AvgIpc) is 3.44. The first-order valence-corrected chi connectivity index (χ1v) is 12.6. The summed E-state index contributed by atoms with van der Waals surface area (Å²) in [5.41, 5.74) is 2.44. The Morgan fingerprint density at radius 1 is 1.03 bits per heavy atom. The predicted molar refractivity (Wildman–Crippen MR) is 119 cm³/mol. The Morgan fingerprint density at radius 3 is 2.69 bits per heavy atom. The fourth-order valence-corrected chi connectivity index (χ4v) is 5.64. The van der Waals surface area contributed by atoms with Gasteiger partial charge in [0.1, 0.15) is 0 Å². The molecule has 1 aliphatic carbocycles. The lowest BCUT2D eigenvalue weighted by Gasteiger charge is -2.26. The first-order valence-electron chi connectivity index (χ1n) is 11.1. The van der Waals surface area contributed by atoms with E-state index in [2.05, 4.69) is 10.0 Å². The molecule has 2 amide bonds. The van der Waals surface area contributed by atoms with Crippen molar-refractivity contribution in [3.05, 3.63) is 47.5 Å². The lowest BCUT2D eigenvalue weighted by Crippen LogP contribution is -2.45. The number of benzene rings is 2. The molecule has 1 saturated carbocycles. The van der Waals surface area contributed by atoms with Crippen LogP contribution in [0.3, 0.4) is 0 Å². The number of carbonyl (C=O) groups is 1. The van der Waals surface area contributed by atoms with Crippen LogP contribution in [0.5, 0.6) is 11.5 Å². The van der Waals surface area contributed by atoms with E-state index >= 15 is 0 Å². The van der Waals surface area contributed by atoms with Crippen LogP contribution in [0.1, 0.15) is 43.2 Å². The summed E-state index contributed by atoms with van der Waals surface area (Å²) in [5.74, 6) is 1.28. The molecule has 1 fully saturated rings.